The third-order valence-electron chi connectivity index (χ3n) is 3.02. The van der Waals surface area contributed by atoms with Crippen molar-refractivity contribution >= 4 is 23.4 Å². The van der Waals surface area contributed by atoms with E-state index in [2.05, 4.69) is 25.1 Å². The summed E-state index contributed by atoms with van der Waals surface area (Å²) >= 11 is 8.05. The van der Waals surface area contributed by atoms with Crippen LogP contribution in [-0.2, 0) is 6.42 Å². The lowest BCUT2D eigenvalue weighted by molar-refractivity contribution is 0.641. The molecule has 0 aliphatic rings. The topological polar surface area (TPSA) is 26.0 Å². The summed E-state index contributed by atoms with van der Waals surface area (Å²) in [6.45, 7) is 2.11. The molecule has 0 aliphatic heterocycles. The predicted octanol–water partition coefficient (Wildman–Crippen LogP) is 4.77. The van der Waals surface area contributed by atoms with Crippen LogP contribution in [0, 0.1) is 0 Å². The van der Waals surface area contributed by atoms with Gasteiger partial charge in [0.1, 0.15) is 0 Å². The highest BCUT2D eigenvalue weighted by molar-refractivity contribution is 7.99. The van der Waals surface area contributed by atoms with Crippen LogP contribution in [0.4, 0.5) is 0 Å². The van der Waals surface area contributed by atoms with Crippen LogP contribution < -0.4 is 5.73 Å². The Labute approximate surface area is 124 Å². The fourth-order valence-electron chi connectivity index (χ4n) is 1.86. The van der Waals surface area contributed by atoms with Gasteiger partial charge < -0.3 is 5.73 Å². The van der Waals surface area contributed by atoms with Gasteiger partial charge in [-0.1, -0.05) is 60.6 Å². The first-order valence-electron chi connectivity index (χ1n) is 6.46. The van der Waals surface area contributed by atoms with Crippen LogP contribution in [-0.4, -0.2) is 6.04 Å². The Morgan fingerprint density at radius 1 is 1.11 bits per heavy atom. The molecule has 2 rings (SSSR count). The first kappa shape index (κ1) is 14.4. The average molecular weight is 292 g/mol. The van der Waals surface area contributed by atoms with E-state index in [1.54, 1.807) is 11.8 Å². The second-order valence-corrected chi connectivity index (χ2v) is 6.01. The molecule has 0 aliphatic carbocycles. The minimum atomic E-state index is 0.189. The predicted molar refractivity (Wildman–Crippen MR) is 84.0 cm³/mol. The molecule has 19 heavy (non-hydrogen) atoms. The van der Waals surface area contributed by atoms with Crippen molar-refractivity contribution in [2.45, 2.75) is 35.6 Å². The number of rotatable bonds is 5. The summed E-state index contributed by atoms with van der Waals surface area (Å²) in [6, 6.07) is 16.5. The molecule has 1 nitrogen and oxygen atoms in total. The molecular weight excluding hydrogens is 274 g/mol. The van der Waals surface area contributed by atoms with Gasteiger partial charge in [-0.25, -0.2) is 0 Å². The van der Waals surface area contributed by atoms with E-state index in [-0.39, 0.29) is 6.04 Å². The lowest BCUT2D eigenvalue weighted by Crippen LogP contribution is -2.21. The summed E-state index contributed by atoms with van der Waals surface area (Å²) < 4.78 is 0. The van der Waals surface area contributed by atoms with Crippen molar-refractivity contribution in [3.05, 3.63) is 59.1 Å². The zero-order valence-electron chi connectivity index (χ0n) is 11.0. The van der Waals surface area contributed by atoms with E-state index < -0.39 is 0 Å². The summed E-state index contributed by atoms with van der Waals surface area (Å²) in [6.07, 6.45) is 1.84. The second-order valence-electron chi connectivity index (χ2n) is 4.52. The van der Waals surface area contributed by atoms with E-state index in [1.807, 2.05) is 30.3 Å². The van der Waals surface area contributed by atoms with Crippen molar-refractivity contribution in [3.63, 3.8) is 0 Å². The normalized spacial score (nSPS) is 12.4. The number of nitrogens with two attached hydrogens (primary N) is 1. The van der Waals surface area contributed by atoms with Gasteiger partial charge in [0.25, 0.3) is 0 Å². The zero-order chi connectivity index (χ0) is 13.7. The van der Waals surface area contributed by atoms with Crippen LogP contribution in [0.15, 0.2) is 58.3 Å². The molecular formula is C16H18ClNS. The summed E-state index contributed by atoms with van der Waals surface area (Å²) in [5.41, 5.74) is 7.30. The van der Waals surface area contributed by atoms with E-state index in [1.165, 1.54) is 10.5 Å². The Hall–Kier alpha value is -0.960. The van der Waals surface area contributed by atoms with Gasteiger partial charge in [0.05, 0.1) is 5.02 Å². The van der Waals surface area contributed by atoms with Gasteiger partial charge >= 0.3 is 0 Å². The van der Waals surface area contributed by atoms with Gasteiger partial charge in [-0.2, -0.15) is 0 Å². The maximum atomic E-state index is 6.34. The number of halogens is 1. The van der Waals surface area contributed by atoms with Crippen molar-refractivity contribution in [2.24, 2.45) is 5.73 Å². The van der Waals surface area contributed by atoms with Crippen LogP contribution in [0.1, 0.15) is 18.9 Å². The molecule has 0 fully saturated rings. The second kappa shape index (κ2) is 6.99. The van der Waals surface area contributed by atoms with E-state index in [0.29, 0.717) is 0 Å². The molecule has 0 radical (unpaired) electrons. The summed E-state index contributed by atoms with van der Waals surface area (Å²) in [4.78, 5) is 2.32. The monoisotopic (exact) mass is 291 g/mol. The zero-order valence-corrected chi connectivity index (χ0v) is 12.5. The fourth-order valence-corrected chi connectivity index (χ4v) is 3.15. The first-order valence-corrected chi connectivity index (χ1v) is 7.66. The Morgan fingerprint density at radius 2 is 1.84 bits per heavy atom. The third kappa shape index (κ3) is 4.00. The molecule has 1 unspecified atom stereocenters. The molecule has 0 heterocycles. The molecule has 0 aromatic heterocycles. The van der Waals surface area contributed by atoms with Gasteiger partial charge in [0.15, 0.2) is 0 Å². The largest absolute Gasteiger partial charge is 0.327 e. The van der Waals surface area contributed by atoms with Crippen LogP contribution in [0.5, 0.6) is 0 Å². The average Bonchev–Trinajstić information content (AvgIpc) is 2.43. The van der Waals surface area contributed by atoms with E-state index in [4.69, 9.17) is 17.3 Å². The highest BCUT2D eigenvalue weighted by atomic mass is 35.5. The molecule has 1 atom stereocenters. The molecule has 0 amide bonds. The van der Waals surface area contributed by atoms with Crippen molar-refractivity contribution in [3.8, 4) is 0 Å². The van der Waals surface area contributed by atoms with Gasteiger partial charge in [-0.3, -0.25) is 0 Å². The third-order valence-corrected chi connectivity index (χ3v) is 4.64. The van der Waals surface area contributed by atoms with E-state index >= 15 is 0 Å². The standard InChI is InChI=1S/C16H18ClNS/c1-2-13(18)11-12-7-6-10-15(17)16(12)19-14-8-4-3-5-9-14/h3-10,13H,2,11,18H2,1H3. The van der Waals surface area contributed by atoms with Crippen molar-refractivity contribution in [1.29, 1.82) is 0 Å². The summed E-state index contributed by atoms with van der Waals surface area (Å²) in [5, 5.41) is 0.801. The molecule has 2 aromatic carbocycles. The molecule has 2 aromatic rings. The fraction of sp³-hybridized carbons (Fsp3) is 0.250. The molecule has 3 heteroatoms. The Kier molecular flexibility index (Phi) is 5.32. The minimum Gasteiger partial charge on any atom is -0.327 e. The van der Waals surface area contributed by atoms with Crippen LogP contribution in [0.2, 0.25) is 5.02 Å². The molecule has 0 bridgehead atoms. The van der Waals surface area contributed by atoms with Crippen molar-refractivity contribution < 1.29 is 0 Å². The molecule has 0 spiro atoms. The lowest BCUT2D eigenvalue weighted by atomic mass is 10.0. The smallest absolute Gasteiger partial charge is 0.0548 e. The highest BCUT2D eigenvalue weighted by Gasteiger charge is 2.11. The number of hydrogen-bond acceptors (Lipinski definition) is 2. The summed E-state index contributed by atoms with van der Waals surface area (Å²) in [7, 11) is 0. The molecule has 0 saturated carbocycles. The number of benzene rings is 2. The van der Waals surface area contributed by atoms with E-state index in [0.717, 1.165) is 22.8 Å². The Morgan fingerprint density at radius 3 is 2.53 bits per heavy atom. The molecule has 2 N–H and O–H groups in total. The van der Waals surface area contributed by atoms with Gasteiger partial charge in [0, 0.05) is 15.8 Å². The highest BCUT2D eigenvalue weighted by Crippen LogP contribution is 2.36. The van der Waals surface area contributed by atoms with Gasteiger partial charge in [-0.15, -0.1) is 0 Å². The van der Waals surface area contributed by atoms with E-state index in [9.17, 15) is 0 Å². The van der Waals surface area contributed by atoms with Crippen LogP contribution in [0.25, 0.3) is 0 Å². The van der Waals surface area contributed by atoms with Gasteiger partial charge in [0.2, 0.25) is 0 Å². The maximum Gasteiger partial charge on any atom is 0.0548 e. The SMILES string of the molecule is CCC(N)Cc1cccc(Cl)c1Sc1ccccc1. The number of hydrogen-bond donors (Lipinski definition) is 1. The lowest BCUT2D eigenvalue weighted by Gasteiger charge is -2.14. The Balaban J connectivity index is 2.27. The van der Waals surface area contributed by atoms with Gasteiger partial charge in [-0.05, 0) is 36.6 Å². The molecule has 100 valence electrons. The van der Waals surface area contributed by atoms with Crippen LogP contribution >= 0.6 is 23.4 Å². The molecule has 0 saturated heterocycles. The minimum absolute atomic E-state index is 0.189. The maximum absolute atomic E-state index is 6.34. The first-order chi connectivity index (χ1) is 9.20. The van der Waals surface area contributed by atoms with Crippen LogP contribution in [0.3, 0.4) is 0 Å². The van der Waals surface area contributed by atoms with Crippen molar-refractivity contribution in [2.75, 3.05) is 0 Å². The van der Waals surface area contributed by atoms with Crippen molar-refractivity contribution in [1.82, 2.24) is 0 Å². The quantitative estimate of drug-likeness (QED) is 0.858. The Bertz CT molecular complexity index is 528. The summed E-state index contributed by atoms with van der Waals surface area (Å²) in [5.74, 6) is 0.